The average Bonchev–Trinajstić information content (AvgIpc) is 2.36. The van der Waals surface area contributed by atoms with E-state index >= 15 is 0 Å². The van der Waals surface area contributed by atoms with Crippen LogP contribution in [0.4, 0.5) is 0 Å². The molecule has 2 rings (SSSR count). The van der Waals surface area contributed by atoms with Crippen LogP contribution >= 0.6 is 0 Å². The minimum absolute atomic E-state index is 0.690. The van der Waals surface area contributed by atoms with Gasteiger partial charge in [-0.3, -0.25) is 4.79 Å². The van der Waals surface area contributed by atoms with Crippen LogP contribution in [0.15, 0.2) is 42.5 Å². The van der Waals surface area contributed by atoms with E-state index in [4.69, 9.17) is 11.5 Å². The van der Waals surface area contributed by atoms with Crippen LogP contribution in [0.1, 0.15) is 11.6 Å². The van der Waals surface area contributed by atoms with Crippen LogP contribution in [-0.4, -0.2) is 17.1 Å². The zero-order valence-corrected chi connectivity index (χ0v) is 9.21. The van der Waals surface area contributed by atoms with E-state index in [1.807, 2.05) is 36.4 Å². The predicted octanol–water partition coefficient (Wildman–Crippen LogP) is 0.686. The minimum Gasteiger partial charge on any atom is -0.381 e. The standard InChI is InChI=1S/C13H14N2O2/c14-11(12(16)13(15)17)10-6-5-8-3-1-2-4-9(8)7-10/h1-7,11-12,16H,14H2,(H2,15,17). The Labute approximate surface area is 98.8 Å². The molecule has 0 saturated heterocycles. The molecule has 2 atom stereocenters. The Morgan fingerprint density at radius 3 is 2.41 bits per heavy atom. The lowest BCUT2D eigenvalue weighted by molar-refractivity contribution is -0.127. The number of carbonyl (C=O) groups is 1. The van der Waals surface area contributed by atoms with Crippen molar-refractivity contribution in [3.8, 4) is 0 Å². The van der Waals surface area contributed by atoms with Crippen molar-refractivity contribution >= 4 is 16.7 Å². The molecule has 1 amide bonds. The normalized spacial score (nSPS) is 14.5. The summed E-state index contributed by atoms with van der Waals surface area (Å²) >= 11 is 0. The largest absolute Gasteiger partial charge is 0.381 e. The molecule has 4 nitrogen and oxygen atoms in total. The molecule has 0 aliphatic carbocycles. The minimum atomic E-state index is -1.36. The maximum absolute atomic E-state index is 10.9. The van der Waals surface area contributed by atoms with E-state index in [0.717, 1.165) is 10.8 Å². The first-order valence-electron chi connectivity index (χ1n) is 5.31. The highest BCUT2D eigenvalue weighted by Gasteiger charge is 2.21. The van der Waals surface area contributed by atoms with Crippen molar-refractivity contribution in [1.29, 1.82) is 0 Å². The first kappa shape index (κ1) is 11.6. The highest BCUT2D eigenvalue weighted by atomic mass is 16.3. The first-order valence-corrected chi connectivity index (χ1v) is 5.31. The van der Waals surface area contributed by atoms with E-state index in [2.05, 4.69) is 0 Å². The Bertz CT molecular complexity index is 554. The lowest BCUT2D eigenvalue weighted by atomic mass is 9.98. The molecular weight excluding hydrogens is 216 g/mol. The molecule has 88 valence electrons. The van der Waals surface area contributed by atoms with Crippen molar-refractivity contribution < 1.29 is 9.90 Å². The number of carbonyl (C=O) groups excluding carboxylic acids is 1. The molecule has 2 unspecified atom stereocenters. The van der Waals surface area contributed by atoms with Gasteiger partial charge in [-0.1, -0.05) is 36.4 Å². The molecule has 4 heteroatoms. The summed E-state index contributed by atoms with van der Waals surface area (Å²) < 4.78 is 0. The van der Waals surface area contributed by atoms with Crippen LogP contribution in [0.3, 0.4) is 0 Å². The topological polar surface area (TPSA) is 89.3 Å². The van der Waals surface area contributed by atoms with Gasteiger partial charge >= 0.3 is 0 Å². The number of nitrogens with two attached hydrogens (primary N) is 2. The Kier molecular flexibility index (Phi) is 3.08. The number of primary amides is 1. The van der Waals surface area contributed by atoms with Gasteiger partial charge in [0.25, 0.3) is 0 Å². The lowest BCUT2D eigenvalue weighted by Gasteiger charge is -2.16. The second-order valence-corrected chi connectivity index (χ2v) is 3.98. The number of aliphatic hydroxyl groups excluding tert-OH is 1. The molecule has 0 heterocycles. The summed E-state index contributed by atoms with van der Waals surface area (Å²) in [6.45, 7) is 0. The zero-order chi connectivity index (χ0) is 12.4. The molecule has 0 aliphatic heterocycles. The van der Waals surface area contributed by atoms with E-state index in [1.165, 1.54) is 0 Å². The van der Waals surface area contributed by atoms with Crippen molar-refractivity contribution in [2.45, 2.75) is 12.1 Å². The Hall–Kier alpha value is -1.91. The molecule has 2 aromatic carbocycles. The maximum atomic E-state index is 10.9. The van der Waals surface area contributed by atoms with Gasteiger partial charge in [0, 0.05) is 0 Å². The number of benzene rings is 2. The molecule has 2 aromatic rings. The monoisotopic (exact) mass is 230 g/mol. The molecule has 0 saturated carbocycles. The molecule has 0 fully saturated rings. The highest BCUT2D eigenvalue weighted by molar-refractivity contribution is 5.84. The average molecular weight is 230 g/mol. The molecule has 0 aromatic heterocycles. The maximum Gasteiger partial charge on any atom is 0.248 e. The summed E-state index contributed by atoms with van der Waals surface area (Å²) in [5, 5.41) is 11.6. The van der Waals surface area contributed by atoms with Gasteiger partial charge in [-0.2, -0.15) is 0 Å². The second kappa shape index (κ2) is 4.53. The Morgan fingerprint density at radius 1 is 1.12 bits per heavy atom. The van der Waals surface area contributed by atoms with Gasteiger partial charge in [-0.15, -0.1) is 0 Å². The number of hydrogen-bond acceptors (Lipinski definition) is 3. The van der Waals surface area contributed by atoms with Gasteiger partial charge in [0.1, 0.15) is 0 Å². The Morgan fingerprint density at radius 2 is 1.76 bits per heavy atom. The van der Waals surface area contributed by atoms with Crippen LogP contribution in [0.2, 0.25) is 0 Å². The summed E-state index contributed by atoms with van der Waals surface area (Å²) in [6, 6.07) is 12.5. The smallest absolute Gasteiger partial charge is 0.248 e. The van der Waals surface area contributed by atoms with Crippen molar-refractivity contribution in [1.82, 2.24) is 0 Å². The van der Waals surface area contributed by atoms with Gasteiger partial charge in [0.15, 0.2) is 6.10 Å². The molecule has 5 N–H and O–H groups in total. The molecule has 0 aliphatic rings. The van der Waals surface area contributed by atoms with Crippen LogP contribution in [-0.2, 0) is 4.79 Å². The number of rotatable bonds is 3. The SMILES string of the molecule is NC(=O)C(O)C(N)c1ccc2ccccc2c1. The van der Waals surface area contributed by atoms with Gasteiger partial charge in [0.2, 0.25) is 5.91 Å². The summed E-state index contributed by atoms with van der Waals surface area (Å²) in [5.41, 5.74) is 11.5. The van der Waals surface area contributed by atoms with Crippen LogP contribution in [0.25, 0.3) is 10.8 Å². The third kappa shape index (κ3) is 2.27. The first-order chi connectivity index (χ1) is 8.09. The number of fused-ring (bicyclic) bond motifs is 1. The van der Waals surface area contributed by atoms with Crippen LogP contribution < -0.4 is 11.5 Å². The van der Waals surface area contributed by atoms with Gasteiger partial charge in [0.05, 0.1) is 6.04 Å². The van der Waals surface area contributed by atoms with Crippen molar-refractivity contribution in [3.63, 3.8) is 0 Å². The van der Waals surface area contributed by atoms with Crippen molar-refractivity contribution in [2.24, 2.45) is 11.5 Å². The molecule has 0 bridgehead atoms. The van der Waals surface area contributed by atoms with Crippen molar-refractivity contribution in [3.05, 3.63) is 48.0 Å². The number of aliphatic hydroxyl groups is 1. The molecule has 17 heavy (non-hydrogen) atoms. The molecule has 0 radical (unpaired) electrons. The zero-order valence-electron chi connectivity index (χ0n) is 9.21. The number of hydrogen-bond donors (Lipinski definition) is 3. The van der Waals surface area contributed by atoms with E-state index in [1.54, 1.807) is 6.07 Å². The third-order valence-electron chi connectivity index (χ3n) is 2.79. The molecular formula is C13H14N2O2. The van der Waals surface area contributed by atoms with Crippen LogP contribution in [0.5, 0.6) is 0 Å². The highest BCUT2D eigenvalue weighted by Crippen LogP contribution is 2.20. The Balaban J connectivity index is 2.39. The quantitative estimate of drug-likeness (QED) is 0.724. The third-order valence-corrected chi connectivity index (χ3v) is 2.79. The van der Waals surface area contributed by atoms with Gasteiger partial charge in [-0.05, 0) is 22.4 Å². The van der Waals surface area contributed by atoms with Gasteiger partial charge < -0.3 is 16.6 Å². The fraction of sp³-hybridized carbons (Fsp3) is 0.154. The number of amides is 1. The summed E-state index contributed by atoms with van der Waals surface area (Å²) in [4.78, 5) is 10.9. The van der Waals surface area contributed by atoms with E-state index in [9.17, 15) is 9.90 Å². The summed E-state index contributed by atoms with van der Waals surface area (Å²) in [6.07, 6.45) is -1.36. The van der Waals surface area contributed by atoms with E-state index < -0.39 is 18.1 Å². The lowest BCUT2D eigenvalue weighted by Crippen LogP contribution is -2.37. The fourth-order valence-electron chi connectivity index (χ4n) is 1.77. The second-order valence-electron chi connectivity index (χ2n) is 3.98. The van der Waals surface area contributed by atoms with Crippen molar-refractivity contribution in [2.75, 3.05) is 0 Å². The summed E-state index contributed by atoms with van der Waals surface area (Å²) in [5.74, 6) is -0.814. The molecule has 0 spiro atoms. The fourth-order valence-corrected chi connectivity index (χ4v) is 1.77. The predicted molar refractivity (Wildman–Crippen MR) is 66.1 cm³/mol. The van der Waals surface area contributed by atoms with E-state index in [-0.39, 0.29) is 0 Å². The summed E-state index contributed by atoms with van der Waals surface area (Å²) in [7, 11) is 0. The van der Waals surface area contributed by atoms with Gasteiger partial charge in [-0.25, -0.2) is 0 Å². The van der Waals surface area contributed by atoms with E-state index in [0.29, 0.717) is 5.56 Å². The van der Waals surface area contributed by atoms with Crippen LogP contribution in [0, 0.1) is 0 Å².